The lowest BCUT2D eigenvalue weighted by Gasteiger charge is -2.36. The normalized spacial score (nSPS) is 15.0. The van der Waals surface area contributed by atoms with Crippen LogP contribution in [0.3, 0.4) is 0 Å². The standard InChI is InChI=1S/C32H37N3O4/c1-34(2)17-7-19-39-25-12-10-24(11-13-25)32-31-27(28-20-26(37-3)14-15-29(28)33-31)16-18-35(32)30(36)22-38-21-23-8-5-4-6-9-23/h4-6,8-15,20,32-33H,7,16-19,21-22H2,1-3H3/t32-/m0/s1. The van der Waals surface area contributed by atoms with Crippen LogP contribution in [0.2, 0.25) is 0 Å². The SMILES string of the molecule is COc1ccc2[nH]c3c(c2c1)CCN(C(=O)COCc1ccccc1)[C@H]3c1ccc(OCCCN(C)C)cc1. The van der Waals surface area contributed by atoms with Gasteiger partial charge in [0.2, 0.25) is 5.91 Å². The number of carbonyl (C=O) groups is 1. The number of hydrogen-bond donors (Lipinski definition) is 1. The van der Waals surface area contributed by atoms with Gasteiger partial charge in [0.25, 0.3) is 0 Å². The first kappa shape index (κ1) is 26.8. The van der Waals surface area contributed by atoms with Crippen LogP contribution in [0.5, 0.6) is 11.5 Å². The quantitative estimate of drug-likeness (QED) is 0.272. The van der Waals surface area contributed by atoms with Gasteiger partial charge in [-0.2, -0.15) is 0 Å². The van der Waals surface area contributed by atoms with Gasteiger partial charge in [0.05, 0.1) is 26.4 Å². The minimum absolute atomic E-state index is 0.0261. The van der Waals surface area contributed by atoms with Crippen LogP contribution in [0, 0.1) is 0 Å². The van der Waals surface area contributed by atoms with Crippen molar-refractivity contribution in [3.05, 3.63) is 95.2 Å². The summed E-state index contributed by atoms with van der Waals surface area (Å²) in [5.41, 5.74) is 5.40. The van der Waals surface area contributed by atoms with Gasteiger partial charge < -0.3 is 29.0 Å². The molecule has 39 heavy (non-hydrogen) atoms. The number of rotatable bonds is 11. The van der Waals surface area contributed by atoms with Crippen molar-refractivity contribution in [2.24, 2.45) is 0 Å². The van der Waals surface area contributed by atoms with E-state index >= 15 is 0 Å². The van der Waals surface area contributed by atoms with E-state index in [1.54, 1.807) is 7.11 Å². The van der Waals surface area contributed by atoms with Crippen LogP contribution in [0.4, 0.5) is 0 Å². The van der Waals surface area contributed by atoms with Crippen molar-refractivity contribution in [2.45, 2.75) is 25.5 Å². The highest BCUT2D eigenvalue weighted by Gasteiger charge is 2.34. The Bertz CT molecular complexity index is 1380. The molecule has 1 N–H and O–H groups in total. The van der Waals surface area contributed by atoms with E-state index in [1.165, 1.54) is 5.56 Å². The molecule has 7 nitrogen and oxygen atoms in total. The maximum absolute atomic E-state index is 13.5. The number of H-pyrrole nitrogens is 1. The summed E-state index contributed by atoms with van der Waals surface area (Å²) in [5.74, 6) is 1.63. The number of benzene rings is 3. The van der Waals surface area contributed by atoms with Gasteiger partial charge in [-0.1, -0.05) is 42.5 Å². The van der Waals surface area contributed by atoms with Crippen LogP contribution < -0.4 is 9.47 Å². The number of nitrogens with one attached hydrogen (secondary N) is 1. The largest absolute Gasteiger partial charge is 0.497 e. The molecule has 5 rings (SSSR count). The van der Waals surface area contributed by atoms with Crippen molar-refractivity contribution in [3.63, 3.8) is 0 Å². The molecule has 1 amide bonds. The lowest BCUT2D eigenvalue weighted by Crippen LogP contribution is -2.42. The monoisotopic (exact) mass is 527 g/mol. The number of methoxy groups -OCH3 is 1. The Hall–Kier alpha value is -3.81. The molecule has 0 fully saturated rings. The number of ether oxygens (including phenoxy) is 3. The molecule has 2 heterocycles. The van der Waals surface area contributed by atoms with Crippen LogP contribution in [-0.4, -0.2) is 68.2 Å². The average molecular weight is 528 g/mol. The molecule has 0 saturated heterocycles. The summed E-state index contributed by atoms with van der Waals surface area (Å²) in [6.07, 6.45) is 1.72. The zero-order valence-corrected chi connectivity index (χ0v) is 23.0. The molecule has 0 saturated carbocycles. The second kappa shape index (κ2) is 12.4. The van der Waals surface area contributed by atoms with Crippen molar-refractivity contribution in [3.8, 4) is 11.5 Å². The number of amides is 1. The molecule has 1 aliphatic heterocycles. The zero-order chi connectivity index (χ0) is 27.2. The molecule has 0 unspecified atom stereocenters. The van der Waals surface area contributed by atoms with E-state index in [0.29, 0.717) is 19.8 Å². The molecular weight excluding hydrogens is 490 g/mol. The smallest absolute Gasteiger partial charge is 0.249 e. The highest BCUT2D eigenvalue weighted by molar-refractivity contribution is 5.88. The molecule has 4 aromatic rings. The first-order chi connectivity index (χ1) is 19.0. The van der Waals surface area contributed by atoms with Crippen LogP contribution in [0.25, 0.3) is 10.9 Å². The zero-order valence-electron chi connectivity index (χ0n) is 23.0. The predicted octanol–water partition coefficient (Wildman–Crippen LogP) is 5.20. The van der Waals surface area contributed by atoms with Gasteiger partial charge >= 0.3 is 0 Å². The Morgan fingerprint density at radius 1 is 1.03 bits per heavy atom. The summed E-state index contributed by atoms with van der Waals surface area (Å²) < 4.78 is 17.3. The van der Waals surface area contributed by atoms with Crippen LogP contribution in [0.15, 0.2) is 72.8 Å². The number of carbonyl (C=O) groups excluding carboxylic acids is 1. The highest BCUT2D eigenvalue weighted by atomic mass is 16.5. The number of aromatic amines is 1. The van der Waals surface area contributed by atoms with E-state index < -0.39 is 0 Å². The minimum atomic E-state index is -0.247. The fraction of sp³-hybridized carbons (Fsp3) is 0.344. The third-order valence-electron chi connectivity index (χ3n) is 7.21. The molecule has 0 spiro atoms. The van der Waals surface area contributed by atoms with E-state index in [-0.39, 0.29) is 18.6 Å². The molecule has 204 valence electrons. The molecule has 1 atom stereocenters. The molecular formula is C32H37N3O4. The fourth-order valence-corrected chi connectivity index (χ4v) is 5.24. The summed E-state index contributed by atoms with van der Waals surface area (Å²) in [6, 6.07) is 23.9. The Morgan fingerprint density at radius 2 is 1.79 bits per heavy atom. The number of fused-ring (bicyclic) bond motifs is 3. The molecule has 3 aromatic carbocycles. The predicted molar refractivity (Wildman–Crippen MR) is 153 cm³/mol. The first-order valence-electron chi connectivity index (χ1n) is 13.5. The van der Waals surface area contributed by atoms with Gasteiger partial charge in [0, 0.05) is 29.7 Å². The van der Waals surface area contributed by atoms with E-state index in [9.17, 15) is 4.79 Å². The molecule has 1 aromatic heterocycles. The Balaban J connectivity index is 1.39. The van der Waals surface area contributed by atoms with E-state index in [2.05, 4.69) is 42.2 Å². The molecule has 0 aliphatic carbocycles. The molecule has 0 bridgehead atoms. The van der Waals surface area contributed by atoms with Crippen molar-refractivity contribution in [1.29, 1.82) is 0 Å². The van der Waals surface area contributed by atoms with Gasteiger partial charge in [-0.15, -0.1) is 0 Å². The van der Waals surface area contributed by atoms with Crippen LogP contribution in [-0.2, 0) is 22.6 Å². The Labute approximate surface area is 230 Å². The topological polar surface area (TPSA) is 67.0 Å². The summed E-state index contributed by atoms with van der Waals surface area (Å²) in [7, 11) is 5.81. The third-order valence-corrected chi connectivity index (χ3v) is 7.21. The minimum Gasteiger partial charge on any atom is -0.497 e. The lowest BCUT2D eigenvalue weighted by molar-refractivity contribution is -0.138. The maximum Gasteiger partial charge on any atom is 0.249 e. The van der Waals surface area contributed by atoms with Gasteiger partial charge in [-0.25, -0.2) is 0 Å². The Kier molecular flexibility index (Phi) is 8.49. The average Bonchev–Trinajstić information content (AvgIpc) is 3.33. The van der Waals surface area contributed by atoms with Crippen molar-refractivity contribution in [1.82, 2.24) is 14.8 Å². The summed E-state index contributed by atoms with van der Waals surface area (Å²) in [6.45, 7) is 2.69. The van der Waals surface area contributed by atoms with E-state index in [1.807, 2.05) is 59.5 Å². The van der Waals surface area contributed by atoms with E-state index in [4.69, 9.17) is 14.2 Å². The van der Waals surface area contributed by atoms with Gasteiger partial charge in [0.1, 0.15) is 18.1 Å². The summed E-state index contributed by atoms with van der Waals surface area (Å²) in [5, 5.41) is 1.14. The van der Waals surface area contributed by atoms with Crippen molar-refractivity contribution >= 4 is 16.8 Å². The highest BCUT2D eigenvalue weighted by Crippen LogP contribution is 2.39. The second-order valence-electron chi connectivity index (χ2n) is 10.2. The van der Waals surface area contributed by atoms with Crippen molar-refractivity contribution in [2.75, 3.05) is 47.5 Å². The second-order valence-corrected chi connectivity index (χ2v) is 10.2. The summed E-state index contributed by atoms with van der Waals surface area (Å²) in [4.78, 5) is 21.2. The Morgan fingerprint density at radius 3 is 2.54 bits per heavy atom. The number of nitrogens with zero attached hydrogens (tertiary/aromatic N) is 2. The van der Waals surface area contributed by atoms with E-state index in [0.717, 1.165) is 58.6 Å². The van der Waals surface area contributed by atoms with Gasteiger partial charge in [-0.3, -0.25) is 4.79 Å². The number of hydrogen-bond acceptors (Lipinski definition) is 5. The van der Waals surface area contributed by atoms with Crippen molar-refractivity contribution < 1.29 is 19.0 Å². The van der Waals surface area contributed by atoms with Crippen LogP contribution >= 0.6 is 0 Å². The molecule has 7 heteroatoms. The van der Waals surface area contributed by atoms with Gasteiger partial charge in [0.15, 0.2) is 0 Å². The lowest BCUT2D eigenvalue weighted by atomic mass is 9.92. The summed E-state index contributed by atoms with van der Waals surface area (Å²) >= 11 is 0. The molecule has 1 aliphatic rings. The fourth-order valence-electron chi connectivity index (χ4n) is 5.24. The number of aromatic nitrogens is 1. The first-order valence-corrected chi connectivity index (χ1v) is 13.5. The van der Waals surface area contributed by atoms with Gasteiger partial charge in [-0.05, 0) is 74.0 Å². The maximum atomic E-state index is 13.5. The van der Waals surface area contributed by atoms with Crippen LogP contribution in [0.1, 0.15) is 34.8 Å². The molecule has 0 radical (unpaired) electrons. The third kappa shape index (κ3) is 6.27.